The minimum Gasteiger partial charge on any atom is -0.411 e. The Kier molecular flexibility index (Phi) is 5.99. The van der Waals surface area contributed by atoms with Crippen LogP contribution in [0.15, 0.2) is 93.6 Å². The lowest BCUT2D eigenvalue weighted by Gasteiger charge is -2.27. The van der Waals surface area contributed by atoms with Crippen molar-refractivity contribution in [1.82, 2.24) is 24.8 Å². The van der Waals surface area contributed by atoms with E-state index in [0.717, 1.165) is 11.1 Å². The summed E-state index contributed by atoms with van der Waals surface area (Å²) in [5.74, 6) is 1.15. The van der Waals surface area contributed by atoms with Crippen LogP contribution in [-0.2, 0) is 10.5 Å². The smallest absolute Gasteiger partial charge is 0.280 e. The number of pyridine rings is 1. The van der Waals surface area contributed by atoms with E-state index >= 15 is 0 Å². The molecule has 1 unspecified atom stereocenters. The van der Waals surface area contributed by atoms with Gasteiger partial charge in [0.05, 0.1) is 22.4 Å². The first-order chi connectivity index (χ1) is 17.7. The molecule has 3 aromatic heterocycles. The van der Waals surface area contributed by atoms with Gasteiger partial charge >= 0.3 is 0 Å². The maximum atomic E-state index is 13.7. The fraction of sp³-hybridized carbons (Fsp3) is 0.120. The number of fused-ring (bicyclic) bond motifs is 1. The summed E-state index contributed by atoms with van der Waals surface area (Å²) in [6, 6.07) is 20.4. The van der Waals surface area contributed by atoms with Crippen molar-refractivity contribution in [3.63, 3.8) is 0 Å². The topological polar surface area (TPSA) is 107 Å². The van der Waals surface area contributed by atoms with Crippen molar-refractivity contribution < 1.29 is 9.21 Å². The average molecular weight is 515 g/mol. The zero-order valence-electron chi connectivity index (χ0n) is 18.7. The Morgan fingerprint density at radius 3 is 2.58 bits per heavy atom. The van der Waals surface area contributed by atoms with Gasteiger partial charge in [0.2, 0.25) is 5.89 Å². The standard InChI is InChI=1S/C25H18N6O3S2/c32-21-15-35-24(17-6-2-1-3-7-17)31(21)30-20(27-19-9-5-4-8-18(19)23(30)33)14-36-25-29-28-22(34-25)16-10-12-26-13-11-16/h1-13,24H,14-15H2. The maximum Gasteiger partial charge on any atom is 0.280 e. The highest BCUT2D eigenvalue weighted by Crippen LogP contribution is 2.37. The van der Waals surface area contributed by atoms with Crippen molar-refractivity contribution in [2.24, 2.45) is 0 Å². The molecule has 2 aromatic carbocycles. The zero-order valence-corrected chi connectivity index (χ0v) is 20.4. The first-order valence-electron chi connectivity index (χ1n) is 11.1. The summed E-state index contributed by atoms with van der Waals surface area (Å²) in [4.78, 5) is 35.6. The Labute approximate surface area is 213 Å². The molecule has 11 heteroatoms. The molecule has 1 atom stereocenters. The van der Waals surface area contributed by atoms with E-state index in [9.17, 15) is 9.59 Å². The van der Waals surface area contributed by atoms with Gasteiger partial charge < -0.3 is 4.42 Å². The van der Waals surface area contributed by atoms with E-state index in [1.165, 1.54) is 33.2 Å². The Hall–Kier alpha value is -3.96. The maximum absolute atomic E-state index is 13.7. The van der Waals surface area contributed by atoms with Gasteiger partial charge in [-0.3, -0.25) is 14.6 Å². The number of rotatable bonds is 6. The van der Waals surface area contributed by atoms with E-state index in [1.54, 1.807) is 42.7 Å². The molecule has 0 aliphatic carbocycles. The minimum atomic E-state index is -0.343. The number of thioether (sulfide) groups is 2. The lowest BCUT2D eigenvalue weighted by atomic mass is 10.2. The quantitative estimate of drug-likeness (QED) is 0.310. The van der Waals surface area contributed by atoms with Crippen LogP contribution in [0.1, 0.15) is 16.8 Å². The summed E-state index contributed by atoms with van der Waals surface area (Å²) in [7, 11) is 0. The second-order valence-corrected chi connectivity index (χ2v) is 9.87. The first-order valence-corrected chi connectivity index (χ1v) is 13.1. The number of para-hydroxylation sites is 1. The Morgan fingerprint density at radius 1 is 0.972 bits per heavy atom. The highest BCUT2D eigenvalue weighted by molar-refractivity contribution is 8.00. The van der Waals surface area contributed by atoms with Crippen molar-refractivity contribution in [3.8, 4) is 11.5 Å². The number of nitrogens with zero attached hydrogens (tertiary/aromatic N) is 6. The van der Waals surface area contributed by atoms with Crippen LogP contribution in [-0.4, -0.2) is 36.5 Å². The molecule has 1 aliphatic rings. The molecule has 36 heavy (non-hydrogen) atoms. The molecule has 0 N–H and O–H groups in total. The van der Waals surface area contributed by atoms with Crippen LogP contribution < -0.4 is 10.6 Å². The van der Waals surface area contributed by atoms with Crippen LogP contribution >= 0.6 is 23.5 Å². The van der Waals surface area contributed by atoms with Crippen molar-refractivity contribution in [2.75, 3.05) is 10.8 Å². The highest BCUT2D eigenvalue weighted by atomic mass is 32.2. The van der Waals surface area contributed by atoms with E-state index in [2.05, 4.69) is 15.2 Å². The number of benzene rings is 2. The van der Waals surface area contributed by atoms with Crippen LogP contribution in [0.25, 0.3) is 22.4 Å². The van der Waals surface area contributed by atoms with E-state index in [-0.39, 0.29) is 28.3 Å². The Morgan fingerprint density at radius 2 is 1.75 bits per heavy atom. The third kappa shape index (κ3) is 4.16. The molecule has 0 spiro atoms. The van der Waals surface area contributed by atoms with E-state index in [1.807, 2.05) is 36.4 Å². The van der Waals surface area contributed by atoms with Gasteiger partial charge in [-0.05, 0) is 29.8 Å². The summed E-state index contributed by atoms with van der Waals surface area (Å²) >= 11 is 2.74. The predicted octanol–water partition coefficient (Wildman–Crippen LogP) is 4.04. The Bertz CT molecular complexity index is 1610. The fourth-order valence-electron chi connectivity index (χ4n) is 3.98. The molecule has 1 fully saturated rings. The third-order valence-electron chi connectivity index (χ3n) is 5.62. The van der Waals surface area contributed by atoms with Crippen LogP contribution in [0.5, 0.6) is 0 Å². The van der Waals surface area contributed by atoms with E-state index < -0.39 is 0 Å². The molecule has 5 aromatic rings. The number of hydrogen-bond donors (Lipinski definition) is 0. The second kappa shape index (κ2) is 9.59. The lowest BCUT2D eigenvalue weighted by molar-refractivity contribution is -0.117. The fourth-order valence-corrected chi connectivity index (χ4v) is 5.79. The van der Waals surface area contributed by atoms with Crippen LogP contribution in [0.4, 0.5) is 0 Å². The summed E-state index contributed by atoms with van der Waals surface area (Å²) in [5.41, 5.74) is 1.96. The average Bonchev–Trinajstić information content (AvgIpc) is 3.55. The predicted molar refractivity (Wildman–Crippen MR) is 138 cm³/mol. The molecule has 178 valence electrons. The van der Waals surface area contributed by atoms with Gasteiger partial charge in [0, 0.05) is 18.0 Å². The van der Waals surface area contributed by atoms with Crippen molar-refractivity contribution >= 4 is 40.3 Å². The van der Waals surface area contributed by atoms with Gasteiger partial charge in [0.25, 0.3) is 16.7 Å². The molecule has 1 amide bonds. The molecule has 1 aliphatic heterocycles. The molecular weight excluding hydrogens is 496 g/mol. The second-order valence-electron chi connectivity index (χ2n) is 7.87. The number of hydrogen-bond acceptors (Lipinski definition) is 9. The number of carbonyl (C=O) groups excluding carboxylic acids is 1. The van der Waals surface area contributed by atoms with Gasteiger partial charge in [0.1, 0.15) is 11.2 Å². The van der Waals surface area contributed by atoms with Gasteiger partial charge in [-0.1, -0.05) is 54.2 Å². The van der Waals surface area contributed by atoms with E-state index in [0.29, 0.717) is 27.8 Å². The number of aromatic nitrogens is 5. The van der Waals surface area contributed by atoms with Gasteiger partial charge in [-0.25, -0.2) is 9.99 Å². The Balaban J connectivity index is 1.39. The third-order valence-corrected chi connectivity index (χ3v) is 7.64. The van der Waals surface area contributed by atoms with Gasteiger partial charge in [-0.2, -0.15) is 4.68 Å². The SMILES string of the molecule is O=C1CSC(c2ccccc2)N1n1c(CSc2nnc(-c3ccncc3)o2)nc2ccccc2c1=O. The minimum absolute atomic E-state index is 0.156. The largest absolute Gasteiger partial charge is 0.411 e. The monoisotopic (exact) mass is 514 g/mol. The lowest BCUT2D eigenvalue weighted by Crippen LogP contribution is -2.46. The highest BCUT2D eigenvalue weighted by Gasteiger charge is 2.36. The number of amides is 1. The summed E-state index contributed by atoms with van der Waals surface area (Å²) < 4.78 is 7.21. The van der Waals surface area contributed by atoms with Gasteiger partial charge in [0.15, 0.2) is 0 Å². The van der Waals surface area contributed by atoms with Crippen LogP contribution in [0.2, 0.25) is 0 Å². The molecule has 0 saturated carbocycles. The molecule has 0 radical (unpaired) electrons. The van der Waals surface area contributed by atoms with Crippen LogP contribution in [0, 0.1) is 0 Å². The molecular formula is C25H18N6O3S2. The van der Waals surface area contributed by atoms with Gasteiger partial charge in [-0.15, -0.1) is 22.0 Å². The molecule has 0 bridgehead atoms. The molecule has 4 heterocycles. The van der Waals surface area contributed by atoms with E-state index in [4.69, 9.17) is 9.40 Å². The van der Waals surface area contributed by atoms with Crippen LogP contribution in [0.3, 0.4) is 0 Å². The molecule has 1 saturated heterocycles. The van der Waals surface area contributed by atoms with Crippen molar-refractivity contribution in [2.45, 2.75) is 16.3 Å². The summed E-state index contributed by atoms with van der Waals surface area (Å²) in [5, 5.41) is 10.2. The normalized spacial score (nSPS) is 15.6. The molecule has 9 nitrogen and oxygen atoms in total. The molecule has 6 rings (SSSR count). The van der Waals surface area contributed by atoms with Crippen molar-refractivity contribution in [1.29, 1.82) is 0 Å². The summed E-state index contributed by atoms with van der Waals surface area (Å²) in [6.45, 7) is 0. The number of carbonyl (C=O) groups is 1. The first kappa shape index (κ1) is 22.5. The zero-order chi connectivity index (χ0) is 24.5. The summed E-state index contributed by atoms with van der Waals surface area (Å²) in [6.07, 6.45) is 3.30. The van der Waals surface area contributed by atoms with Crippen molar-refractivity contribution in [3.05, 3.63) is 101 Å².